The first-order valence-electron chi connectivity index (χ1n) is 7.95. The lowest BCUT2D eigenvalue weighted by Crippen LogP contribution is -2.14. The Hall–Kier alpha value is -3.22. The third kappa shape index (κ3) is 3.50. The minimum Gasteiger partial charge on any atom is -0.480 e. The smallest absolute Gasteiger partial charge is 0.259 e. The number of benzene rings is 1. The van der Waals surface area contributed by atoms with E-state index < -0.39 is 0 Å². The van der Waals surface area contributed by atoms with Crippen LogP contribution in [0.15, 0.2) is 42.6 Å². The van der Waals surface area contributed by atoms with Gasteiger partial charge in [-0.05, 0) is 37.1 Å². The quantitative estimate of drug-likeness (QED) is 0.774. The third-order valence-electron chi connectivity index (χ3n) is 3.78. The molecule has 1 amide bonds. The Kier molecular flexibility index (Phi) is 4.74. The SMILES string of the molecule is CCc1c(C(=O)Nc2cccc(C)c2)cnn1-c1ccc(OC)nn1. The molecule has 0 fully saturated rings. The van der Waals surface area contributed by atoms with E-state index in [2.05, 4.69) is 20.6 Å². The van der Waals surface area contributed by atoms with Crippen molar-refractivity contribution in [3.8, 4) is 11.7 Å². The van der Waals surface area contributed by atoms with E-state index in [9.17, 15) is 4.79 Å². The predicted octanol–water partition coefficient (Wildman–Crippen LogP) is 2.79. The van der Waals surface area contributed by atoms with E-state index >= 15 is 0 Å². The number of methoxy groups -OCH3 is 1. The van der Waals surface area contributed by atoms with Gasteiger partial charge in [0.25, 0.3) is 5.91 Å². The lowest BCUT2D eigenvalue weighted by atomic mass is 10.1. The number of anilines is 1. The van der Waals surface area contributed by atoms with Crippen molar-refractivity contribution < 1.29 is 9.53 Å². The molecular weight excluding hydrogens is 318 g/mol. The van der Waals surface area contributed by atoms with E-state index in [4.69, 9.17) is 4.74 Å². The fourth-order valence-electron chi connectivity index (χ4n) is 2.56. The highest BCUT2D eigenvalue weighted by Crippen LogP contribution is 2.17. The summed E-state index contributed by atoms with van der Waals surface area (Å²) < 4.78 is 6.64. The van der Waals surface area contributed by atoms with Crippen molar-refractivity contribution in [1.29, 1.82) is 0 Å². The first kappa shape index (κ1) is 16.6. The van der Waals surface area contributed by atoms with Crippen molar-refractivity contribution >= 4 is 11.6 Å². The van der Waals surface area contributed by atoms with Gasteiger partial charge in [0.15, 0.2) is 5.82 Å². The molecule has 128 valence electrons. The number of amides is 1. The molecule has 0 spiro atoms. The standard InChI is InChI=1S/C18H19N5O2/c1-4-15-14(18(24)20-13-7-5-6-12(2)10-13)11-19-23(15)16-8-9-17(25-3)22-21-16/h5-11H,4H2,1-3H3,(H,20,24). The van der Waals surface area contributed by atoms with Gasteiger partial charge in [0.05, 0.1) is 24.6 Å². The molecule has 2 aromatic heterocycles. The Labute approximate surface area is 145 Å². The summed E-state index contributed by atoms with van der Waals surface area (Å²) in [6.07, 6.45) is 2.18. The number of aromatic nitrogens is 4. The number of ether oxygens (including phenoxy) is 1. The van der Waals surface area contributed by atoms with E-state index in [1.165, 1.54) is 7.11 Å². The first-order chi connectivity index (χ1) is 12.1. The summed E-state index contributed by atoms with van der Waals surface area (Å²) in [4.78, 5) is 12.6. The molecule has 2 heterocycles. The Morgan fingerprint density at radius 2 is 2.08 bits per heavy atom. The van der Waals surface area contributed by atoms with Gasteiger partial charge in [-0.3, -0.25) is 4.79 Å². The maximum atomic E-state index is 12.6. The topological polar surface area (TPSA) is 81.9 Å². The van der Waals surface area contributed by atoms with E-state index in [-0.39, 0.29) is 5.91 Å². The minimum absolute atomic E-state index is 0.199. The van der Waals surface area contributed by atoms with Crippen molar-refractivity contribution in [2.75, 3.05) is 12.4 Å². The van der Waals surface area contributed by atoms with Crippen molar-refractivity contribution in [3.05, 3.63) is 59.4 Å². The van der Waals surface area contributed by atoms with Crippen LogP contribution in [-0.2, 0) is 6.42 Å². The molecule has 3 rings (SSSR count). The molecule has 0 aliphatic heterocycles. The highest BCUT2D eigenvalue weighted by molar-refractivity contribution is 6.05. The maximum absolute atomic E-state index is 12.6. The second kappa shape index (κ2) is 7.12. The number of hydrogen-bond acceptors (Lipinski definition) is 5. The summed E-state index contributed by atoms with van der Waals surface area (Å²) in [5.41, 5.74) is 3.12. The summed E-state index contributed by atoms with van der Waals surface area (Å²) in [7, 11) is 1.53. The Balaban J connectivity index is 1.89. The van der Waals surface area contributed by atoms with Crippen LogP contribution in [0.1, 0.15) is 28.5 Å². The highest BCUT2D eigenvalue weighted by Gasteiger charge is 2.18. The van der Waals surface area contributed by atoms with Gasteiger partial charge in [-0.1, -0.05) is 19.1 Å². The van der Waals surface area contributed by atoms with Gasteiger partial charge in [0.1, 0.15) is 0 Å². The van der Waals surface area contributed by atoms with Crippen LogP contribution in [0, 0.1) is 6.92 Å². The molecule has 1 N–H and O–H groups in total. The van der Waals surface area contributed by atoms with Gasteiger partial charge in [0, 0.05) is 11.8 Å². The summed E-state index contributed by atoms with van der Waals surface area (Å²) in [6, 6.07) is 11.1. The Morgan fingerprint density at radius 1 is 1.24 bits per heavy atom. The van der Waals surface area contributed by atoms with E-state index in [1.807, 2.05) is 38.1 Å². The highest BCUT2D eigenvalue weighted by atomic mass is 16.5. The maximum Gasteiger partial charge on any atom is 0.259 e. The Bertz CT molecular complexity index is 887. The normalized spacial score (nSPS) is 10.5. The number of nitrogens with zero attached hydrogens (tertiary/aromatic N) is 4. The number of nitrogens with one attached hydrogen (secondary N) is 1. The summed E-state index contributed by atoms with van der Waals surface area (Å²) in [5, 5.41) is 15.3. The molecule has 7 nitrogen and oxygen atoms in total. The number of carbonyl (C=O) groups excluding carboxylic acids is 1. The largest absolute Gasteiger partial charge is 0.480 e. The molecule has 25 heavy (non-hydrogen) atoms. The monoisotopic (exact) mass is 337 g/mol. The van der Waals surface area contributed by atoms with Crippen molar-refractivity contribution in [3.63, 3.8) is 0 Å². The fourth-order valence-corrected chi connectivity index (χ4v) is 2.56. The second-order valence-corrected chi connectivity index (χ2v) is 5.53. The molecule has 3 aromatic rings. The number of hydrogen-bond donors (Lipinski definition) is 1. The molecule has 0 saturated heterocycles. The molecule has 7 heteroatoms. The van der Waals surface area contributed by atoms with E-state index in [1.54, 1.807) is 23.0 Å². The third-order valence-corrected chi connectivity index (χ3v) is 3.78. The van der Waals surface area contributed by atoms with Gasteiger partial charge in [0.2, 0.25) is 5.88 Å². The molecule has 0 aliphatic carbocycles. The zero-order valence-corrected chi connectivity index (χ0v) is 14.4. The van der Waals surface area contributed by atoms with Gasteiger partial charge in [-0.15, -0.1) is 10.2 Å². The van der Waals surface area contributed by atoms with Crippen molar-refractivity contribution in [2.24, 2.45) is 0 Å². The first-order valence-corrected chi connectivity index (χ1v) is 7.95. The number of rotatable bonds is 5. The Morgan fingerprint density at radius 3 is 2.72 bits per heavy atom. The van der Waals surface area contributed by atoms with Gasteiger partial charge in [-0.25, -0.2) is 4.68 Å². The van der Waals surface area contributed by atoms with Crippen molar-refractivity contribution in [2.45, 2.75) is 20.3 Å². The molecule has 0 bridgehead atoms. The van der Waals surface area contributed by atoms with E-state index in [0.29, 0.717) is 23.7 Å². The molecular formula is C18H19N5O2. The molecule has 0 atom stereocenters. The molecule has 0 saturated carbocycles. The van der Waals surface area contributed by atoms with Crippen LogP contribution in [0.5, 0.6) is 5.88 Å². The van der Waals surface area contributed by atoms with E-state index in [0.717, 1.165) is 16.9 Å². The lowest BCUT2D eigenvalue weighted by Gasteiger charge is -2.08. The molecule has 0 aliphatic rings. The van der Waals surface area contributed by atoms with Gasteiger partial charge < -0.3 is 10.1 Å². The molecule has 0 unspecified atom stereocenters. The predicted molar refractivity (Wildman–Crippen MR) is 94.2 cm³/mol. The number of carbonyl (C=O) groups is 1. The summed E-state index contributed by atoms with van der Waals surface area (Å²) >= 11 is 0. The zero-order valence-electron chi connectivity index (χ0n) is 14.4. The van der Waals surface area contributed by atoms with Crippen molar-refractivity contribution in [1.82, 2.24) is 20.0 Å². The molecule has 1 aromatic carbocycles. The van der Waals surface area contributed by atoms with Crippen LogP contribution >= 0.6 is 0 Å². The average molecular weight is 337 g/mol. The average Bonchev–Trinajstić information content (AvgIpc) is 3.06. The van der Waals surface area contributed by atoms with Crippen LogP contribution in [-0.4, -0.2) is 33.0 Å². The zero-order chi connectivity index (χ0) is 17.8. The van der Waals surface area contributed by atoms with Crippen LogP contribution in [0.25, 0.3) is 5.82 Å². The minimum atomic E-state index is -0.199. The van der Waals surface area contributed by atoms with Crippen LogP contribution in [0.3, 0.4) is 0 Å². The molecule has 0 radical (unpaired) electrons. The fraction of sp³-hybridized carbons (Fsp3) is 0.222. The van der Waals surface area contributed by atoms with Gasteiger partial charge >= 0.3 is 0 Å². The second-order valence-electron chi connectivity index (χ2n) is 5.53. The number of aryl methyl sites for hydroxylation is 1. The lowest BCUT2D eigenvalue weighted by molar-refractivity contribution is 0.102. The van der Waals surface area contributed by atoms with Crippen LogP contribution in [0.4, 0.5) is 5.69 Å². The summed E-state index contributed by atoms with van der Waals surface area (Å²) in [5.74, 6) is 0.758. The van der Waals surface area contributed by atoms with Gasteiger partial charge in [-0.2, -0.15) is 5.10 Å². The van der Waals surface area contributed by atoms with Crippen LogP contribution in [0.2, 0.25) is 0 Å². The summed E-state index contributed by atoms with van der Waals surface area (Å²) in [6.45, 7) is 3.95. The van der Waals surface area contributed by atoms with Crippen LogP contribution < -0.4 is 10.1 Å².